The summed E-state index contributed by atoms with van der Waals surface area (Å²) in [5.41, 5.74) is 12.0. The second-order valence-corrected chi connectivity index (χ2v) is 6.22. The van der Waals surface area contributed by atoms with Gasteiger partial charge in [0.25, 0.3) is 0 Å². The molecule has 0 spiro atoms. The number of aromatic nitrogens is 2. The van der Waals surface area contributed by atoms with Gasteiger partial charge in [-0.2, -0.15) is 0 Å². The van der Waals surface area contributed by atoms with Crippen LogP contribution in [-0.4, -0.2) is 9.97 Å². The van der Waals surface area contributed by atoms with Crippen LogP contribution < -0.4 is 5.73 Å². The summed E-state index contributed by atoms with van der Waals surface area (Å²) < 4.78 is 2.33. The van der Waals surface area contributed by atoms with Crippen molar-refractivity contribution in [2.24, 2.45) is 0 Å². The van der Waals surface area contributed by atoms with Crippen LogP contribution in [0.4, 0.5) is 5.13 Å². The maximum Gasteiger partial charge on any atom is 0.181 e. The van der Waals surface area contributed by atoms with E-state index in [9.17, 15) is 0 Å². The van der Waals surface area contributed by atoms with E-state index in [1.54, 1.807) is 11.3 Å². The summed E-state index contributed by atoms with van der Waals surface area (Å²) >= 11 is 3.18. The smallest absolute Gasteiger partial charge is 0.181 e. The first-order chi connectivity index (χ1) is 9.29. The normalized spacial score (nSPS) is 11.4. The predicted molar refractivity (Wildman–Crippen MR) is 82.6 cm³/mol. The van der Waals surface area contributed by atoms with Crippen molar-refractivity contribution < 1.29 is 0 Å². The molecule has 2 N–H and O–H groups in total. The van der Waals surface area contributed by atoms with Crippen molar-refractivity contribution in [2.45, 2.75) is 0 Å². The van der Waals surface area contributed by atoms with E-state index in [1.165, 1.54) is 27.2 Å². The van der Waals surface area contributed by atoms with E-state index in [0.717, 1.165) is 15.7 Å². The summed E-state index contributed by atoms with van der Waals surface area (Å²) in [6.07, 6.45) is 0. The van der Waals surface area contributed by atoms with Crippen molar-refractivity contribution in [3.05, 3.63) is 41.9 Å². The molecular formula is C14H9N3S2. The average Bonchev–Trinajstić information content (AvgIpc) is 3.01. The van der Waals surface area contributed by atoms with Gasteiger partial charge in [0, 0.05) is 0 Å². The lowest BCUT2D eigenvalue weighted by atomic mass is 10.1. The maximum absolute atomic E-state index is 5.74. The second-order valence-electron chi connectivity index (χ2n) is 4.27. The molecule has 0 unspecified atom stereocenters. The molecule has 92 valence electrons. The topological polar surface area (TPSA) is 51.8 Å². The standard InChI is InChI=1S/C14H9N3S2/c15-14-17-10-3-1-9(6-13(10)19-14)8-2-4-12-11(5-8)16-7-18-12/h1-7H,(H2,15,17). The van der Waals surface area contributed by atoms with E-state index in [0.29, 0.717) is 5.13 Å². The molecule has 2 aromatic heterocycles. The Labute approximate surface area is 117 Å². The number of nitrogens with two attached hydrogens (primary N) is 1. The van der Waals surface area contributed by atoms with Crippen LogP contribution in [0.5, 0.6) is 0 Å². The van der Waals surface area contributed by atoms with Gasteiger partial charge in [-0.15, -0.1) is 11.3 Å². The molecule has 0 saturated carbocycles. The summed E-state index contributed by atoms with van der Waals surface area (Å²) in [5.74, 6) is 0. The summed E-state index contributed by atoms with van der Waals surface area (Å²) in [6.45, 7) is 0. The van der Waals surface area contributed by atoms with Crippen molar-refractivity contribution in [1.82, 2.24) is 9.97 Å². The lowest BCUT2D eigenvalue weighted by Gasteiger charge is -2.01. The number of hydrogen-bond acceptors (Lipinski definition) is 5. The average molecular weight is 283 g/mol. The minimum atomic E-state index is 0.613. The van der Waals surface area contributed by atoms with Crippen LogP contribution in [0, 0.1) is 0 Å². The van der Waals surface area contributed by atoms with E-state index in [2.05, 4.69) is 40.3 Å². The number of nitrogen functional groups attached to an aromatic ring is 1. The molecule has 19 heavy (non-hydrogen) atoms. The van der Waals surface area contributed by atoms with Crippen molar-refractivity contribution in [3.63, 3.8) is 0 Å². The summed E-state index contributed by atoms with van der Waals surface area (Å²) in [7, 11) is 0. The molecule has 0 radical (unpaired) electrons. The predicted octanol–water partition coefficient (Wildman–Crippen LogP) is 4.16. The number of hydrogen-bond donors (Lipinski definition) is 1. The number of fused-ring (bicyclic) bond motifs is 2. The van der Waals surface area contributed by atoms with Crippen molar-refractivity contribution >= 4 is 48.2 Å². The number of benzene rings is 2. The van der Waals surface area contributed by atoms with Gasteiger partial charge in [0.15, 0.2) is 5.13 Å². The van der Waals surface area contributed by atoms with E-state index in [-0.39, 0.29) is 0 Å². The molecule has 3 nitrogen and oxygen atoms in total. The van der Waals surface area contributed by atoms with Crippen LogP contribution in [0.2, 0.25) is 0 Å². The Morgan fingerprint density at radius 3 is 2.68 bits per heavy atom. The highest BCUT2D eigenvalue weighted by Crippen LogP contribution is 2.31. The SMILES string of the molecule is Nc1nc2ccc(-c3ccc4scnc4c3)cc2s1. The van der Waals surface area contributed by atoms with Crippen LogP contribution in [-0.2, 0) is 0 Å². The molecule has 0 atom stereocenters. The zero-order valence-electron chi connectivity index (χ0n) is 9.83. The third kappa shape index (κ3) is 1.78. The van der Waals surface area contributed by atoms with Gasteiger partial charge < -0.3 is 5.73 Å². The van der Waals surface area contributed by atoms with Gasteiger partial charge in [0.2, 0.25) is 0 Å². The highest BCUT2D eigenvalue weighted by molar-refractivity contribution is 7.22. The molecule has 4 aromatic rings. The lowest BCUT2D eigenvalue weighted by molar-refractivity contribution is 1.49. The molecular weight excluding hydrogens is 274 g/mol. The van der Waals surface area contributed by atoms with Gasteiger partial charge in [0.1, 0.15) is 0 Å². The first-order valence-corrected chi connectivity index (χ1v) is 7.49. The van der Waals surface area contributed by atoms with Gasteiger partial charge >= 0.3 is 0 Å². The fourth-order valence-corrected chi connectivity index (χ4v) is 3.59. The van der Waals surface area contributed by atoms with Gasteiger partial charge in [-0.05, 0) is 35.4 Å². The summed E-state index contributed by atoms with van der Waals surface area (Å²) in [5, 5.41) is 0.613. The second kappa shape index (κ2) is 4.01. The Bertz CT molecular complexity index is 892. The Morgan fingerprint density at radius 2 is 1.74 bits per heavy atom. The van der Waals surface area contributed by atoms with Gasteiger partial charge in [-0.25, -0.2) is 9.97 Å². The van der Waals surface area contributed by atoms with E-state index < -0.39 is 0 Å². The number of thiazole rings is 2. The molecule has 0 aliphatic heterocycles. The molecule has 0 aliphatic carbocycles. The van der Waals surface area contributed by atoms with Crippen LogP contribution in [0.1, 0.15) is 0 Å². The minimum absolute atomic E-state index is 0.613. The highest BCUT2D eigenvalue weighted by atomic mass is 32.1. The quantitative estimate of drug-likeness (QED) is 0.571. The van der Waals surface area contributed by atoms with Crippen molar-refractivity contribution in [1.29, 1.82) is 0 Å². The first-order valence-electron chi connectivity index (χ1n) is 5.79. The maximum atomic E-state index is 5.74. The molecule has 5 heteroatoms. The van der Waals surface area contributed by atoms with Crippen molar-refractivity contribution in [2.75, 3.05) is 5.73 Å². The molecule has 0 aliphatic rings. The van der Waals surface area contributed by atoms with Crippen LogP contribution >= 0.6 is 22.7 Å². The zero-order chi connectivity index (χ0) is 12.8. The fraction of sp³-hybridized carbons (Fsp3) is 0. The summed E-state index contributed by atoms with van der Waals surface area (Å²) in [4.78, 5) is 8.64. The molecule has 0 amide bonds. The van der Waals surface area contributed by atoms with Gasteiger partial charge in [-0.1, -0.05) is 23.5 Å². The van der Waals surface area contributed by atoms with E-state index in [4.69, 9.17) is 5.73 Å². The largest absolute Gasteiger partial charge is 0.375 e. The monoisotopic (exact) mass is 283 g/mol. The Hall–Kier alpha value is -1.98. The lowest BCUT2D eigenvalue weighted by Crippen LogP contribution is -1.79. The van der Waals surface area contributed by atoms with Crippen LogP contribution in [0.25, 0.3) is 31.6 Å². The molecule has 4 rings (SSSR count). The van der Waals surface area contributed by atoms with E-state index in [1.807, 2.05) is 11.6 Å². The first kappa shape index (κ1) is 10.9. The highest BCUT2D eigenvalue weighted by Gasteiger charge is 2.05. The third-order valence-corrected chi connectivity index (χ3v) is 4.73. The molecule has 0 bridgehead atoms. The third-order valence-electron chi connectivity index (χ3n) is 3.07. The molecule has 2 aromatic carbocycles. The number of anilines is 1. The van der Waals surface area contributed by atoms with Crippen LogP contribution in [0.3, 0.4) is 0 Å². The van der Waals surface area contributed by atoms with Gasteiger partial charge in [-0.3, -0.25) is 0 Å². The van der Waals surface area contributed by atoms with Gasteiger partial charge in [0.05, 0.1) is 25.9 Å². The Kier molecular flexibility index (Phi) is 2.30. The Morgan fingerprint density at radius 1 is 0.895 bits per heavy atom. The zero-order valence-corrected chi connectivity index (χ0v) is 11.5. The molecule has 0 fully saturated rings. The Balaban J connectivity index is 1.91. The molecule has 2 heterocycles. The summed E-state index contributed by atoms with van der Waals surface area (Å²) in [6, 6.07) is 12.6. The number of nitrogens with zero attached hydrogens (tertiary/aromatic N) is 2. The molecule has 0 saturated heterocycles. The number of rotatable bonds is 1. The van der Waals surface area contributed by atoms with Crippen LogP contribution in [0.15, 0.2) is 41.9 Å². The minimum Gasteiger partial charge on any atom is -0.375 e. The fourth-order valence-electron chi connectivity index (χ4n) is 2.16. The van der Waals surface area contributed by atoms with Crippen molar-refractivity contribution in [3.8, 4) is 11.1 Å². The van der Waals surface area contributed by atoms with E-state index >= 15 is 0 Å².